The number of carbonyl (C=O) groups is 1. The lowest BCUT2D eigenvalue weighted by molar-refractivity contribution is -0.870. The van der Waals surface area contributed by atoms with Crippen LogP contribution in [-0.2, 0) is 18.4 Å². The van der Waals surface area contributed by atoms with Crippen molar-refractivity contribution in [1.29, 1.82) is 0 Å². The molecule has 468 valence electrons. The van der Waals surface area contributed by atoms with Crippen LogP contribution in [0, 0.1) is 0 Å². The van der Waals surface area contributed by atoms with E-state index in [1.54, 1.807) is 0 Å². The average molecular weight is 1130 g/mol. The van der Waals surface area contributed by atoms with Crippen LogP contribution in [0.3, 0.4) is 0 Å². The van der Waals surface area contributed by atoms with Crippen LogP contribution in [-0.4, -0.2) is 73.4 Å². The van der Waals surface area contributed by atoms with Crippen molar-refractivity contribution in [2.45, 2.75) is 398 Å². The van der Waals surface area contributed by atoms with Gasteiger partial charge in [-0.15, -0.1) is 0 Å². The van der Waals surface area contributed by atoms with Gasteiger partial charge in [-0.2, -0.15) is 0 Å². The minimum atomic E-state index is -4.32. The number of likely N-dealkylation sites (N-methyl/N-ethyl adjacent to an activating group) is 1. The van der Waals surface area contributed by atoms with Gasteiger partial charge in [0.05, 0.1) is 39.9 Å². The van der Waals surface area contributed by atoms with Crippen LogP contribution in [0.4, 0.5) is 0 Å². The van der Waals surface area contributed by atoms with Crippen molar-refractivity contribution in [3.63, 3.8) is 0 Å². The second-order valence-electron chi connectivity index (χ2n) is 26.0. The molecule has 0 radical (unpaired) electrons. The van der Waals surface area contributed by atoms with Crippen LogP contribution >= 0.6 is 7.82 Å². The fourth-order valence-corrected chi connectivity index (χ4v) is 12.1. The predicted molar refractivity (Wildman–Crippen MR) is 342 cm³/mol. The van der Waals surface area contributed by atoms with Crippen molar-refractivity contribution in [3.05, 3.63) is 0 Å². The summed E-state index contributed by atoms with van der Waals surface area (Å²) in [5.74, 6) is -0.133. The summed E-state index contributed by atoms with van der Waals surface area (Å²) < 4.78 is 23.9. The Morgan fingerprint density at radius 2 is 0.615 bits per heavy atom. The highest BCUT2D eigenvalue weighted by atomic mass is 31.2. The number of phosphoric acid groups is 1. The molecule has 0 saturated heterocycles. The van der Waals surface area contributed by atoms with Crippen LogP contribution in [0.15, 0.2) is 0 Å². The van der Waals surface area contributed by atoms with Crippen LogP contribution in [0.5, 0.6) is 0 Å². The maximum atomic E-state index is 13.1. The van der Waals surface area contributed by atoms with E-state index in [0.717, 1.165) is 38.5 Å². The maximum absolute atomic E-state index is 13.1. The van der Waals surface area contributed by atoms with Crippen LogP contribution < -0.4 is 5.32 Å². The fraction of sp³-hybridized carbons (Fsp3) is 0.986. The average Bonchev–Trinajstić information content (AvgIpc) is 3.41. The first-order chi connectivity index (χ1) is 38.0. The Balaban J connectivity index is 3.96. The van der Waals surface area contributed by atoms with Crippen LogP contribution in [0.1, 0.15) is 386 Å². The molecule has 0 aliphatic rings. The summed E-state index contributed by atoms with van der Waals surface area (Å²) in [6, 6.07) is -0.757. The van der Waals surface area contributed by atoms with Gasteiger partial charge in [0, 0.05) is 6.42 Å². The molecule has 0 aliphatic carbocycles. The van der Waals surface area contributed by atoms with Crippen LogP contribution in [0.25, 0.3) is 0 Å². The Morgan fingerprint density at radius 3 is 0.859 bits per heavy atom. The van der Waals surface area contributed by atoms with E-state index in [1.165, 1.54) is 321 Å². The molecule has 0 rings (SSSR count). The van der Waals surface area contributed by atoms with Gasteiger partial charge in [0.25, 0.3) is 0 Å². The monoisotopic (exact) mass is 1130 g/mol. The number of unbranched alkanes of at least 4 members (excludes halogenated alkanes) is 54. The summed E-state index contributed by atoms with van der Waals surface area (Å²) in [4.78, 5) is 23.5. The number of phosphoric ester groups is 1. The van der Waals surface area contributed by atoms with Crippen molar-refractivity contribution < 1.29 is 32.9 Å². The van der Waals surface area contributed by atoms with Crippen LogP contribution in [0.2, 0.25) is 0 Å². The van der Waals surface area contributed by atoms with E-state index in [1.807, 2.05) is 21.1 Å². The highest BCUT2D eigenvalue weighted by molar-refractivity contribution is 7.47. The van der Waals surface area contributed by atoms with Gasteiger partial charge < -0.3 is 19.8 Å². The van der Waals surface area contributed by atoms with Gasteiger partial charge in [-0.3, -0.25) is 13.8 Å². The molecule has 0 bridgehead atoms. The molecule has 0 aromatic heterocycles. The Hall–Kier alpha value is -0.500. The Labute approximate surface area is 489 Å². The molecule has 0 heterocycles. The van der Waals surface area contributed by atoms with Gasteiger partial charge in [-0.1, -0.05) is 367 Å². The number of rotatable bonds is 67. The van der Waals surface area contributed by atoms with Gasteiger partial charge in [0.2, 0.25) is 5.91 Å². The lowest BCUT2D eigenvalue weighted by Crippen LogP contribution is -2.46. The number of aliphatic hydroxyl groups excluding tert-OH is 1. The van der Waals surface area contributed by atoms with E-state index >= 15 is 0 Å². The normalized spacial score (nSPS) is 13.6. The standard InChI is InChI=1S/C69H141N2O6P/c1-6-8-10-12-14-16-18-20-22-24-26-28-30-32-33-34-35-36-37-38-39-41-43-45-47-49-51-53-55-57-59-61-63-69(73)70-67(66-77-78(74,75)76-65-64-71(3,4)5)68(72)62-60-58-56-54-52-50-48-46-44-42-40-31-29-27-25-23-21-19-17-15-13-11-9-7-2/h67-68,72H,6-66H2,1-5H3,(H-,70,73,74,75)/p+1. The molecule has 78 heavy (non-hydrogen) atoms. The van der Waals surface area contributed by atoms with E-state index in [0.29, 0.717) is 23.9 Å². The second-order valence-corrected chi connectivity index (χ2v) is 27.4. The molecule has 0 aliphatic heterocycles. The summed E-state index contributed by atoms with van der Waals surface area (Å²) in [6.45, 7) is 4.97. The van der Waals surface area contributed by atoms with Gasteiger partial charge in [0.15, 0.2) is 0 Å². The molecule has 0 spiro atoms. The largest absolute Gasteiger partial charge is 0.472 e. The highest BCUT2D eigenvalue weighted by Gasteiger charge is 2.28. The number of aliphatic hydroxyl groups is 1. The van der Waals surface area contributed by atoms with Crippen molar-refractivity contribution in [3.8, 4) is 0 Å². The molecule has 8 nitrogen and oxygen atoms in total. The van der Waals surface area contributed by atoms with E-state index < -0.39 is 20.0 Å². The third-order valence-corrected chi connectivity index (χ3v) is 17.8. The maximum Gasteiger partial charge on any atom is 0.472 e. The molecule has 3 N–H and O–H groups in total. The lowest BCUT2D eigenvalue weighted by Gasteiger charge is -2.26. The molecule has 0 aromatic carbocycles. The Kier molecular flexibility index (Phi) is 60.7. The first-order valence-corrected chi connectivity index (χ1v) is 36.9. The highest BCUT2D eigenvalue weighted by Crippen LogP contribution is 2.43. The summed E-state index contributed by atoms with van der Waals surface area (Å²) in [6.07, 6.45) is 76.4. The second kappa shape index (κ2) is 61.1. The smallest absolute Gasteiger partial charge is 0.391 e. The zero-order chi connectivity index (χ0) is 57.0. The third kappa shape index (κ3) is 63.1. The first kappa shape index (κ1) is 77.5. The number of nitrogens with one attached hydrogen (secondary N) is 1. The molecule has 0 saturated carbocycles. The summed E-state index contributed by atoms with van der Waals surface area (Å²) in [5.41, 5.74) is 0. The van der Waals surface area contributed by atoms with Gasteiger partial charge in [-0.05, 0) is 12.8 Å². The summed E-state index contributed by atoms with van der Waals surface area (Å²) >= 11 is 0. The summed E-state index contributed by atoms with van der Waals surface area (Å²) in [5, 5.41) is 14.2. The number of quaternary nitrogens is 1. The molecule has 0 aromatic rings. The molecule has 9 heteroatoms. The first-order valence-electron chi connectivity index (χ1n) is 35.4. The number of carbonyl (C=O) groups excluding carboxylic acids is 1. The molecular formula is C69H142N2O6P+. The van der Waals surface area contributed by atoms with E-state index in [-0.39, 0.29) is 19.1 Å². The zero-order valence-corrected chi connectivity index (χ0v) is 54.6. The minimum Gasteiger partial charge on any atom is -0.391 e. The molecular weight excluding hydrogens is 984 g/mol. The molecule has 0 fully saturated rings. The number of hydrogen-bond acceptors (Lipinski definition) is 5. The predicted octanol–water partition coefficient (Wildman–Crippen LogP) is 22.3. The molecule has 3 unspecified atom stereocenters. The zero-order valence-electron chi connectivity index (χ0n) is 53.7. The summed E-state index contributed by atoms with van der Waals surface area (Å²) in [7, 11) is 1.64. The van der Waals surface area contributed by atoms with Crippen molar-refractivity contribution >= 4 is 13.7 Å². The fourth-order valence-electron chi connectivity index (χ4n) is 11.3. The number of nitrogens with zero attached hydrogens (tertiary/aromatic N) is 1. The minimum absolute atomic E-state index is 0.0795. The van der Waals surface area contributed by atoms with Crippen molar-refractivity contribution in [2.24, 2.45) is 0 Å². The molecule has 3 atom stereocenters. The number of hydrogen-bond donors (Lipinski definition) is 3. The lowest BCUT2D eigenvalue weighted by atomic mass is 10.0. The van der Waals surface area contributed by atoms with Gasteiger partial charge in [-0.25, -0.2) is 4.57 Å². The van der Waals surface area contributed by atoms with Crippen molar-refractivity contribution in [2.75, 3.05) is 40.9 Å². The molecule has 1 amide bonds. The number of amides is 1. The van der Waals surface area contributed by atoms with E-state index in [4.69, 9.17) is 9.05 Å². The Morgan fingerprint density at radius 1 is 0.385 bits per heavy atom. The Bertz CT molecular complexity index is 1230. The van der Waals surface area contributed by atoms with Gasteiger partial charge in [0.1, 0.15) is 13.2 Å². The quantitative estimate of drug-likeness (QED) is 0.0318. The van der Waals surface area contributed by atoms with E-state index in [9.17, 15) is 19.4 Å². The van der Waals surface area contributed by atoms with E-state index in [2.05, 4.69) is 19.2 Å². The third-order valence-electron chi connectivity index (χ3n) is 16.9. The SMILES string of the molecule is CCCCCCCCCCCCCCCCCCCCCCCCCCCCCCCCCCC(=O)NC(COP(=O)(O)OCC[N+](C)(C)C)C(O)CCCCCCCCCCCCCCCCCCCCCCCCCC. The van der Waals surface area contributed by atoms with Gasteiger partial charge >= 0.3 is 7.82 Å². The topological polar surface area (TPSA) is 105 Å². The van der Waals surface area contributed by atoms with Crippen molar-refractivity contribution in [1.82, 2.24) is 5.32 Å².